The number of carbonyl (C=O) groups is 1. The number of H-pyrrole nitrogens is 1. The van der Waals surface area contributed by atoms with Gasteiger partial charge in [0, 0.05) is 44.8 Å². The molecule has 0 aliphatic rings. The van der Waals surface area contributed by atoms with Gasteiger partial charge in [0.05, 0.1) is 11.8 Å². The van der Waals surface area contributed by atoms with E-state index in [4.69, 9.17) is 4.98 Å². The SMILES string of the molecule is CNc1nc2[nH]c(-c3cccc(CC(CN(C)C(=O)O)N(C)C)c3)cc2c2c1ncn2C. The van der Waals surface area contributed by atoms with Gasteiger partial charge in [-0.1, -0.05) is 18.2 Å². The number of amides is 1. The molecule has 168 valence electrons. The normalized spacial score (nSPS) is 12.6. The Balaban J connectivity index is 1.69. The minimum Gasteiger partial charge on any atom is -0.465 e. The van der Waals surface area contributed by atoms with Crippen LogP contribution in [0.5, 0.6) is 0 Å². The summed E-state index contributed by atoms with van der Waals surface area (Å²) in [6.07, 6.45) is 1.63. The highest BCUT2D eigenvalue weighted by Gasteiger charge is 2.19. The molecular weight excluding hydrogens is 406 g/mol. The molecule has 0 saturated carbocycles. The molecule has 0 radical (unpaired) electrons. The average Bonchev–Trinajstić information content (AvgIpc) is 3.36. The van der Waals surface area contributed by atoms with Gasteiger partial charge in [0.15, 0.2) is 5.82 Å². The fourth-order valence-electron chi connectivity index (χ4n) is 4.07. The minimum absolute atomic E-state index is 0.0722. The number of hydrogen-bond donors (Lipinski definition) is 3. The second kappa shape index (κ2) is 8.51. The Morgan fingerprint density at radius 1 is 1.28 bits per heavy atom. The number of benzene rings is 1. The molecule has 0 aliphatic carbocycles. The van der Waals surface area contributed by atoms with Crippen LogP contribution in [0.1, 0.15) is 5.56 Å². The lowest BCUT2D eigenvalue weighted by Crippen LogP contribution is -2.42. The number of aromatic amines is 1. The first-order valence-electron chi connectivity index (χ1n) is 10.5. The Hall–Kier alpha value is -3.59. The summed E-state index contributed by atoms with van der Waals surface area (Å²) in [5.41, 5.74) is 5.87. The topological polar surface area (TPSA) is 102 Å². The molecule has 9 heteroatoms. The number of pyridine rings is 1. The highest BCUT2D eigenvalue weighted by molar-refractivity contribution is 6.07. The van der Waals surface area contributed by atoms with Crippen LogP contribution in [0.2, 0.25) is 0 Å². The molecule has 3 heterocycles. The number of fused-ring (bicyclic) bond motifs is 3. The fourth-order valence-corrected chi connectivity index (χ4v) is 4.07. The van der Waals surface area contributed by atoms with Crippen LogP contribution in [0, 0.1) is 0 Å². The zero-order valence-electron chi connectivity index (χ0n) is 19.0. The van der Waals surface area contributed by atoms with Gasteiger partial charge in [-0.05, 0) is 43.8 Å². The molecule has 0 bridgehead atoms. The molecule has 1 amide bonds. The first-order valence-corrected chi connectivity index (χ1v) is 10.5. The molecule has 32 heavy (non-hydrogen) atoms. The van der Waals surface area contributed by atoms with Gasteiger partial charge in [-0.15, -0.1) is 0 Å². The second-order valence-electron chi connectivity index (χ2n) is 8.39. The average molecular weight is 436 g/mol. The number of hydrogen-bond acceptors (Lipinski definition) is 5. The first kappa shape index (κ1) is 21.6. The van der Waals surface area contributed by atoms with Crippen LogP contribution in [0.15, 0.2) is 36.7 Å². The number of anilines is 1. The fraction of sp³-hybridized carbons (Fsp3) is 0.348. The molecule has 0 saturated heterocycles. The molecular formula is C23H29N7O2. The Morgan fingerprint density at radius 3 is 2.75 bits per heavy atom. The van der Waals surface area contributed by atoms with Gasteiger partial charge in [-0.2, -0.15) is 0 Å². The quantitative estimate of drug-likeness (QED) is 0.412. The maximum atomic E-state index is 11.3. The van der Waals surface area contributed by atoms with Crippen LogP contribution < -0.4 is 5.32 Å². The van der Waals surface area contributed by atoms with Gasteiger partial charge in [0.25, 0.3) is 0 Å². The molecule has 9 nitrogen and oxygen atoms in total. The van der Waals surface area contributed by atoms with E-state index in [0.29, 0.717) is 6.54 Å². The lowest BCUT2D eigenvalue weighted by Gasteiger charge is -2.28. The smallest absolute Gasteiger partial charge is 0.407 e. The van der Waals surface area contributed by atoms with Crippen molar-refractivity contribution < 1.29 is 9.90 Å². The summed E-state index contributed by atoms with van der Waals surface area (Å²) in [4.78, 5) is 27.3. The van der Waals surface area contributed by atoms with Crippen molar-refractivity contribution >= 4 is 34.0 Å². The predicted octanol–water partition coefficient (Wildman–Crippen LogP) is 3.24. The van der Waals surface area contributed by atoms with Gasteiger partial charge in [-0.3, -0.25) is 0 Å². The van der Waals surface area contributed by atoms with Gasteiger partial charge in [0.2, 0.25) is 0 Å². The molecule has 0 fully saturated rings. The molecule has 4 aromatic rings. The van der Waals surface area contributed by atoms with Crippen molar-refractivity contribution in [1.82, 2.24) is 29.3 Å². The molecule has 1 aromatic carbocycles. The van der Waals surface area contributed by atoms with Crippen molar-refractivity contribution in [3.8, 4) is 11.3 Å². The Labute approximate surface area is 186 Å². The van der Waals surface area contributed by atoms with E-state index in [0.717, 1.165) is 51.1 Å². The Kier molecular flexibility index (Phi) is 5.75. The van der Waals surface area contributed by atoms with Crippen molar-refractivity contribution in [1.29, 1.82) is 0 Å². The predicted molar refractivity (Wildman–Crippen MR) is 127 cm³/mol. The standard InChI is InChI=1S/C23H29N7O2/c1-24-22-19-20(30(5)13-25-19)17-11-18(26-21(17)27-22)15-8-6-7-14(9-15)10-16(28(2)3)12-29(4)23(31)32/h6-9,11,13,16H,10,12H2,1-5H3,(H,31,32)(H2,24,26,27). The van der Waals surface area contributed by atoms with Crippen LogP contribution in [0.3, 0.4) is 0 Å². The van der Waals surface area contributed by atoms with E-state index in [1.807, 2.05) is 38.8 Å². The molecule has 0 spiro atoms. The van der Waals surface area contributed by atoms with Gasteiger partial charge < -0.3 is 29.8 Å². The number of imidazole rings is 1. The third-order valence-corrected chi connectivity index (χ3v) is 5.92. The number of nitrogens with one attached hydrogen (secondary N) is 2. The molecule has 1 unspecified atom stereocenters. The number of carboxylic acid groups (broad SMARTS) is 1. The van der Waals surface area contributed by atoms with Crippen molar-refractivity contribution in [2.45, 2.75) is 12.5 Å². The van der Waals surface area contributed by atoms with E-state index in [1.165, 1.54) is 4.90 Å². The summed E-state index contributed by atoms with van der Waals surface area (Å²) in [6.45, 7) is 0.439. The summed E-state index contributed by atoms with van der Waals surface area (Å²) in [5.74, 6) is 0.742. The van der Waals surface area contributed by atoms with E-state index in [-0.39, 0.29) is 6.04 Å². The molecule has 3 N–H and O–H groups in total. The van der Waals surface area contributed by atoms with E-state index < -0.39 is 6.09 Å². The van der Waals surface area contributed by atoms with Crippen molar-refractivity contribution in [2.75, 3.05) is 40.1 Å². The lowest BCUT2D eigenvalue weighted by molar-refractivity contribution is 0.140. The summed E-state index contributed by atoms with van der Waals surface area (Å²) < 4.78 is 2.01. The third-order valence-electron chi connectivity index (χ3n) is 5.92. The zero-order valence-corrected chi connectivity index (χ0v) is 19.0. The van der Waals surface area contributed by atoms with Crippen LogP contribution in [0.25, 0.3) is 33.3 Å². The van der Waals surface area contributed by atoms with E-state index in [2.05, 4.69) is 44.5 Å². The summed E-state index contributed by atoms with van der Waals surface area (Å²) in [7, 11) is 9.39. The highest BCUT2D eigenvalue weighted by atomic mass is 16.4. The van der Waals surface area contributed by atoms with E-state index >= 15 is 0 Å². The monoisotopic (exact) mass is 435 g/mol. The molecule has 4 rings (SSSR count). The van der Waals surface area contributed by atoms with E-state index in [9.17, 15) is 9.90 Å². The summed E-state index contributed by atoms with van der Waals surface area (Å²) >= 11 is 0. The summed E-state index contributed by atoms with van der Waals surface area (Å²) in [5, 5.41) is 13.4. The molecule has 0 aliphatic heterocycles. The van der Waals surface area contributed by atoms with Crippen LogP contribution in [-0.2, 0) is 13.5 Å². The maximum absolute atomic E-state index is 11.3. The number of nitrogens with zero attached hydrogens (tertiary/aromatic N) is 5. The largest absolute Gasteiger partial charge is 0.465 e. The number of rotatable bonds is 7. The van der Waals surface area contributed by atoms with Crippen LogP contribution >= 0.6 is 0 Å². The van der Waals surface area contributed by atoms with Crippen molar-refractivity contribution in [2.24, 2.45) is 7.05 Å². The molecule has 1 atom stereocenters. The van der Waals surface area contributed by atoms with Crippen molar-refractivity contribution in [3.63, 3.8) is 0 Å². The number of aryl methyl sites for hydroxylation is 1. The van der Waals surface area contributed by atoms with E-state index in [1.54, 1.807) is 13.4 Å². The highest BCUT2D eigenvalue weighted by Crippen LogP contribution is 2.32. The minimum atomic E-state index is -0.918. The number of aromatic nitrogens is 4. The second-order valence-corrected chi connectivity index (χ2v) is 8.39. The maximum Gasteiger partial charge on any atom is 0.407 e. The van der Waals surface area contributed by atoms with Gasteiger partial charge in [0.1, 0.15) is 11.2 Å². The number of likely N-dealkylation sites (N-methyl/N-ethyl adjacent to an activating group) is 2. The lowest BCUT2D eigenvalue weighted by atomic mass is 10.0. The van der Waals surface area contributed by atoms with Crippen LogP contribution in [0.4, 0.5) is 10.6 Å². The van der Waals surface area contributed by atoms with Gasteiger partial charge >= 0.3 is 6.09 Å². The van der Waals surface area contributed by atoms with Gasteiger partial charge in [-0.25, -0.2) is 14.8 Å². The third kappa shape index (κ3) is 3.99. The Bertz CT molecular complexity index is 1270. The zero-order chi connectivity index (χ0) is 23.0. The van der Waals surface area contributed by atoms with Crippen molar-refractivity contribution in [3.05, 3.63) is 42.2 Å². The summed E-state index contributed by atoms with van der Waals surface area (Å²) in [6, 6.07) is 10.5. The Morgan fingerprint density at radius 2 is 2.06 bits per heavy atom. The molecule has 3 aromatic heterocycles. The first-order chi connectivity index (χ1) is 15.3. The van der Waals surface area contributed by atoms with Crippen LogP contribution in [-0.4, -0.2) is 81.3 Å².